The highest BCUT2D eigenvalue weighted by atomic mass is 16.2. The molecule has 3 rings (SSSR count). The van der Waals surface area contributed by atoms with Gasteiger partial charge in [0, 0.05) is 26.2 Å². The zero-order chi connectivity index (χ0) is 14.7. The molecule has 2 aliphatic heterocycles. The van der Waals surface area contributed by atoms with E-state index in [0.29, 0.717) is 6.04 Å². The maximum absolute atomic E-state index is 11.9. The van der Waals surface area contributed by atoms with Crippen LogP contribution in [0.5, 0.6) is 0 Å². The predicted octanol–water partition coefficient (Wildman–Crippen LogP) is 1.47. The van der Waals surface area contributed by atoms with Crippen LogP contribution in [0.15, 0.2) is 30.3 Å². The van der Waals surface area contributed by atoms with Gasteiger partial charge in [0.05, 0.1) is 6.04 Å². The van der Waals surface area contributed by atoms with Gasteiger partial charge in [-0.05, 0) is 37.9 Å². The summed E-state index contributed by atoms with van der Waals surface area (Å²) >= 11 is 0. The minimum absolute atomic E-state index is 0.0562. The van der Waals surface area contributed by atoms with Gasteiger partial charge in [0.2, 0.25) is 5.91 Å². The maximum atomic E-state index is 11.9. The first-order chi connectivity index (χ1) is 10.2. The van der Waals surface area contributed by atoms with Crippen LogP contribution in [0.4, 0.5) is 0 Å². The topological polar surface area (TPSA) is 35.6 Å². The van der Waals surface area contributed by atoms with Crippen LogP contribution in [0.1, 0.15) is 24.8 Å². The van der Waals surface area contributed by atoms with E-state index in [0.717, 1.165) is 45.4 Å². The van der Waals surface area contributed by atoms with Gasteiger partial charge in [-0.15, -0.1) is 0 Å². The molecular weight excluding hydrogens is 262 g/mol. The molecule has 0 spiro atoms. The highest BCUT2D eigenvalue weighted by Crippen LogP contribution is 2.17. The third kappa shape index (κ3) is 3.63. The van der Waals surface area contributed by atoms with Gasteiger partial charge < -0.3 is 10.2 Å². The van der Waals surface area contributed by atoms with Gasteiger partial charge >= 0.3 is 0 Å². The van der Waals surface area contributed by atoms with E-state index in [9.17, 15) is 4.79 Å². The number of piperidine rings is 1. The Kier molecular flexibility index (Phi) is 4.56. The van der Waals surface area contributed by atoms with Gasteiger partial charge in [-0.25, -0.2) is 0 Å². The van der Waals surface area contributed by atoms with E-state index >= 15 is 0 Å². The molecule has 0 aliphatic carbocycles. The van der Waals surface area contributed by atoms with Gasteiger partial charge in [0.25, 0.3) is 0 Å². The number of carbonyl (C=O) groups is 1. The van der Waals surface area contributed by atoms with Crippen LogP contribution in [0.3, 0.4) is 0 Å². The zero-order valence-electron chi connectivity index (χ0n) is 12.8. The molecule has 114 valence electrons. The molecule has 1 atom stereocenters. The Labute approximate surface area is 127 Å². The summed E-state index contributed by atoms with van der Waals surface area (Å²) in [7, 11) is 1.90. The quantitative estimate of drug-likeness (QED) is 0.911. The van der Waals surface area contributed by atoms with Gasteiger partial charge in [-0.1, -0.05) is 30.3 Å². The molecule has 21 heavy (non-hydrogen) atoms. The van der Waals surface area contributed by atoms with E-state index in [-0.39, 0.29) is 11.9 Å². The number of nitrogens with zero attached hydrogens (tertiary/aromatic N) is 2. The van der Waals surface area contributed by atoms with Gasteiger partial charge in [-0.3, -0.25) is 9.69 Å². The van der Waals surface area contributed by atoms with Crippen LogP contribution >= 0.6 is 0 Å². The Balaban J connectivity index is 1.44. The molecule has 1 N–H and O–H groups in total. The summed E-state index contributed by atoms with van der Waals surface area (Å²) in [6.07, 6.45) is 3.24. The van der Waals surface area contributed by atoms with Crippen molar-refractivity contribution in [2.24, 2.45) is 0 Å². The Bertz CT molecular complexity index is 468. The zero-order valence-corrected chi connectivity index (χ0v) is 12.8. The lowest BCUT2D eigenvalue weighted by Gasteiger charge is -2.33. The molecule has 1 aromatic carbocycles. The summed E-state index contributed by atoms with van der Waals surface area (Å²) in [5, 5.41) is 3.56. The lowest BCUT2D eigenvalue weighted by atomic mass is 10.0. The average Bonchev–Trinajstić information content (AvgIpc) is 2.82. The molecule has 1 amide bonds. The second kappa shape index (κ2) is 6.58. The lowest BCUT2D eigenvalue weighted by Crippen LogP contribution is -2.48. The highest BCUT2D eigenvalue weighted by Gasteiger charge is 2.31. The Morgan fingerprint density at radius 2 is 1.81 bits per heavy atom. The number of likely N-dealkylation sites (N-methyl/N-ethyl adjacent to an activating group) is 1. The first-order valence-corrected chi connectivity index (χ1v) is 7.99. The SMILES string of the molecule is CN1CCC(NC2CCN(Cc3ccccc3)CC2)C1=O. The van der Waals surface area contributed by atoms with E-state index in [1.807, 2.05) is 11.9 Å². The Hall–Kier alpha value is -1.39. The standard InChI is InChI=1S/C17H25N3O/c1-19-10-9-16(17(19)21)18-15-7-11-20(12-8-15)13-14-5-3-2-4-6-14/h2-6,15-16,18H,7-13H2,1H3. The molecule has 2 fully saturated rings. The molecule has 0 aromatic heterocycles. The lowest BCUT2D eigenvalue weighted by molar-refractivity contribution is -0.128. The van der Waals surface area contributed by atoms with E-state index in [4.69, 9.17) is 0 Å². The molecule has 2 heterocycles. The largest absolute Gasteiger partial charge is 0.344 e. The van der Waals surface area contributed by atoms with E-state index in [1.54, 1.807) is 0 Å². The van der Waals surface area contributed by atoms with Crippen molar-refractivity contribution in [3.05, 3.63) is 35.9 Å². The molecule has 0 bridgehead atoms. The number of hydrogen-bond acceptors (Lipinski definition) is 3. The van der Waals surface area contributed by atoms with Gasteiger partial charge in [0.15, 0.2) is 0 Å². The molecule has 4 nitrogen and oxygen atoms in total. The summed E-state index contributed by atoms with van der Waals surface area (Å²) in [6.45, 7) is 4.16. The number of carbonyl (C=O) groups excluding carboxylic acids is 1. The summed E-state index contributed by atoms with van der Waals surface area (Å²) < 4.78 is 0. The first kappa shape index (κ1) is 14.5. The molecular formula is C17H25N3O. The molecule has 1 aromatic rings. The third-order valence-electron chi connectivity index (χ3n) is 4.70. The normalized spacial score (nSPS) is 24.7. The number of likely N-dealkylation sites (tertiary alicyclic amines) is 2. The smallest absolute Gasteiger partial charge is 0.239 e. The van der Waals surface area contributed by atoms with E-state index in [1.165, 1.54) is 5.56 Å². The molecule has 2 aliphatic rings. The van der Waals surface area contributed by atoms with Crippen molar-refractivity contribution in [3.8, 4) is 0 Å². The second-order valence-corrected chi connectivity index (χ2v) is 6.30. The van der Waals surface area contributed by atoms with E-state index < -0.39 is 0 Å². The number of hydrogen-bond donors (Lipinski definition) is 1. The van der Waals surface area contributed by atoms with E-state index in [2.05, 4.69) is 40.5 Å². The fraction of sp³-hybridized carbons (Fsp3) is 0.588. The van der Waals surface area contributed by atoms with Crippen LogP contribution in [-0.4, -0.2) is 54.5 Å². The van der Waals surface area contributed by atoms with Crippen molar-refractivity contribution in [3.63, 3.8) is 0 Å². The van der Waals surface area contributed by atoms with Gasteiger partial charge in [0.1, 0.15) is 0 Å². The number of benzene rings is 1. The summed E-state index contributed by atoms with van der Waals surface area (Å²) in [5.74, 6) is 0.265. The molecule has 1 unspecified atom stereocenters. The summed E-state index contributed by atoms with van der Waals surface area (Å²) in [5.41, 5.74) is 1.39. The van der Waals surface area contributed by atoms with Crippen molar-refractivity contribution < 1.29 is 4.79 Å². The van der Waals surface area contributed by atoms with Crippen molar-refractivity contribution in [2.75, 3.05) is 26.7 Å². The Morgan fingerprint density at radius 1 is 1.10 bits per heavy atom. The maximum Gasteiger partial charge on any atom is 0.239 e. The van der Waals surface area contributed by atoms with Crippen LogP contribution in [0.2, 0.25) is 0 Å². The van der Waals surface area contributed by atoms with Crippen LogP contribution in [0.25, 0.3) is 0 Å². The van der Waals surface area contributed by atoms with Crippen molar-refractivity contribution in [1.29, 1.82) is 0 Å². The van der Waals surface area contributed by atoms with Crippen LogP contribution < -0.4 is 5.32 Å². The molecule has 0 radical (unpaired) electrons. The van der Waals surface area contributed by atoms with Gasteiger partial charge in [-0.2, -0.15) is 0 Å². The number of amides is 1. The van der Waals surface area contributed by atoms with Crippen LogP contribution in [0, 0.1) is 0 Å². The monoisotopic (exact) mass is 287 g/mol. The number of nitrogens with one attached hydrogen (secondary N) is 1. The first-order valence-electron chi connectivity index (χ1n) is 7.99. The van der Waals surface area contributed by atoms with Crippen molar-refractivity contribution in [1.82, 2.24) is 15.1 Å². The van der Waals surface area contributed by atoms with Crippen molar-refractivity contribution in [2.45, 2.75) is 37.9 Å². The van der Waals surface area contributed by atoms with Crippen LogP contribution in [-0.2, 0) is 11.3 Å². The fourth-order valence-electron chi connectivity index (χ4n) is 3.36. The minimum Gasteiger partial charge on any atom is -0.344 e. The minimum atomic E-state index is 0.0562. The summed E-state index contributed by atoms with van der Waals surface area (Å²) in [4.78, 5) is 16.3. The molecule has 2 saturated heterocycles. The van der Waals surface area contributed by atoms with Crippen molar-refractivity contribution >= 4 is 5.91 Å². The average molecular weight is 287 g/mol. The second-order valence-electron chi connectivity index (χ2n) is 6.30. The summed E-state index contributed by atoms with van der Waals surface area (Å²) in [6, 6.07) is 11.2. The molecule has 4 heteroatoms. The molecule has 0 saturated carbocycles. The number of rotatable bonds is 4. The highest BCUT2D eigenvalue weighted by molar-refractivity contribution is 5.83. The predicted molar refractivity (Wildman–Crippen MR) is 83.9 cm³/mol. The Morgan fingerprint density at radius 3 is 2.43 bits per heavy atom. The third-order valence-corrected chi connectivity index (χ3v) is 4.70. The fourth-order valence-corrected chi connectivity index (χ4v) is 3.36.